The van der Waals surface area contributed by atoms with Crippen LogP contribution in [0.25, 0.3) is 22.2 Å². The standard InChI is InChI=1S/C27H26N4O2/c1-33-22-10-8-21(9-11-22)26-17-24(23-6-2-3-7-25(23)29-26)27(32)31-15-13-30(14-16-31)19-20-5-4-12-28-18-20/h2-12,17-18H,13-16,19H2,1H3. The van der Waals surface area contributed by atoms with Gasteiger partial charge in [0, 0.05) is 56.1 Å². The topological polar surface area (TPSA) is 58.6 Å². The Kier molecular flexibility index (Phi) is 6.00. The minimum Gasteiger partial charge on any atom is -0.497 e. The Hall–Kier alpha value is -3.77. The number of hydrogen-bond donors (Lipinski definition) is 0. The van der Waals surface area contributed by atoms with E-state index in [-0.39, 0.29) is 5.91 Å². The van der Waals surface area contributed by atoms with Gasteiger partial charge < -0.3 is 9.64 Å². The molecule has 1 aliphatic heterocycles. The Balaban J connectivity index is 1.38. The third-order valence-corrected chi connectivity index (χ3v) is 6.12. The summed E-state index contributed by atoms with van der Waals surface area (Å²) in [4.78, 5) is 27.0. The lowest BCUT2D eigenvalue weighted by Crippen LogP contribution is -2.48. The summed E-state index contributed by atoms with van der Waals surface area (Å²) in [5.41, 5.74) is 4.46. The maximum atomic E-state index is 13.6. The summed E-state index contributed by atoms with van der Waals surface area (Å²) in [7, 11) is 1.65. The maximum absolute atomic E-state index is 13.6. The lowest BCUT2D eigenvalue weighted by Gasteiger charge is -2.35. The molecule has 2 aromatic heterocycles. The van der Waals surface area contributed by atoms with E-state index in [0.717, 1.165) is 47.5 Å². The highest BCUT2D eigenvalue weighted by Gasteiger charge is 2.24. The van der Waals surface area contributed by atoms with E-state index < -0.39 is 0 Å². The van der Waals surface area contributed by atoms with Gasteiger partial charge in [-0.2, -0.15) is 0 Å². The third-order valence-electron chi connectivity index (χ3n) is 6.12. The van der Waals surface area contributed by atoms with Crippen LogP contribution in [-0.4, -0.2) is 59.0 Å². The first-order valence-corrected chi connectivity index (χ1v) is 11.2. The van der Waals surface area contributed by atoms with Crippen LogP contribution in [0.2, 0.25) is 0 Å². The van der Waals surface area contributed by atoms with Crippen LogP contribution < -0.4 is 4.74 Å². The number of para-hydroxylation sites is 1. The number of aromatic nitrogens is 2. The van der Waals surface area contributed by atoms with E-state index in [1.54, 1.807) is 13.3 Å². The number of ether oxygens (including phenoxy) is 1. The second-order valence-electron chi connectivity index (χ2n) is 8.23. The van der Waals surface area contributed by atoms with Crippen molar-refractivity contribution in [1.29, 1.82) is 0 Å². The number of amides is 1. The van der Waals surface area contributed by atoms with Crippen LogP contribution >= 0.6 is 0 Å². The highest BCUT2D eigenvalue weighted by Crippen LogP contribution is 2.27. The van der Waals surface area contributed by atoms with E-state index in [0.29, 0.717) is 18.7 Å². The van der Waals surface area contributed by atoms with Crippen molar-refractivity contribution in [1.82, 2.24) is 19.8 Å². The lowest BCUT2D eigenvalue weighted by molar-refractivity contribution is 0.0630. The van der Waals surface area contributed by atoms with Gasteiger partial charge in [-0.25, -0.2) is 4.98 Å². The molecule has 6 heteroatoms. The van der Waals surface area contributed by atoms with Crippen molar-refractivity contribution >= 4 is 16.8 Å². The number of fused-ring (bicyclic) bond motifs is 1. The molecule has 0 unspecified atom stereocenters. The molecule has 3 heterocycles. The molecular weight excluding hydrogens is 412 g/mol. The highest BCUT2D eigenvalue weighted by molar-refractivity contribution is 6.07. The highest BCUT2D eigenvalue weighted by atomic mass is 16.5. The smallest absolute Gasteiger partial charge is 0.254 e. The molecule has 1 amide bonds. The van der Waals surface area contributed by atoms with Crippen molar-refractivity contribution in [3.05, 3.63) is 90.3 Å². The van der Waals surface area contributed by atoms with Gasteiger partial charge in [0.2, 0.25) is 0 Å². The molecule has 5 rings (SSSR count). The number of carbonyl (C=O) groups is 1. The van der Waals surface area contributed by atoms with Crippen LogP contribution in [0.3, 0.4) is 0 Å². The Labute approximate surface area is 193 Å². The Morgan fingerprint density at radius 2 is 1.76 bits per heavy atom. The fourth-order valence-corrected chi connectivity index (χ4v) is 4.29. The molecule has 0 bridgehead atoms. The first-order chi connectivity index (χ1) is 16.2. The zero-order valence-corrected chi connectivity index (χ0v) is 18.6. The van der Waals surface area contributed by atoms with Gasteiger partial charge in [-0.3, -0.25) is 14.7 Å². The van der Waals surface area contributed by atoms with Crippen molar-refractivity contribution in [2.45, 2.75) is 6.54 Å². The SMILES string of the molecule is COc1ccc(-c2cc(C(=O)N3CCN(Cc4cccnc4)CC3)c3ccccc3n2)cc1. The average Bonchev–Trinajstić information content (AvgIpc) is 2.89. The Morgan fingerprint density at radius 1 is 0.970 bits per heavy atom. The molecule has 1 aliphatic rings. The summed E-state index contributed by atoms with van der Waals surface area (Å²) in [5, 5.41) is 0.887. The molecule has 0 radical (unpaired) electrons. The number of piperazine rings is 1. The number of methoxy groups -OCH3 is 1. The second-order valence-corrected chi connectivity index (χ2v) is 8.23. The van der Waals surface area contributed by atoms with Crippen LogP contribution in [0.15, 0.2) is 79.1 Å². The second kappa shape index (κ2) is 9.38. The zero-order valence-electron chi connectivity index (χ0n) is 18.6. The number of nitrogens with zero attached hydrogens (tertiary/aromatic N) is 4. The van der Waals surface area contributed by atoms with Crippen molar-refractivity contribution in [3.63, 3.8) is 0 Å². The number of pyridine rings is 2. The largest absolute Gasteiger partial charge is 0.497 e. The summed E-state index contributed by atoms with van der Waals surface area (Å²) in [6.07, 6.45) is 3.70. The molecule has 1 fully saturated rings. The van der Waals surface area contributed by atoms with Gasteiger partial charge in [0.15, 0.2) is 0 Å². The molecule has 0 atom stereocenters. The van der Waals surface area contributed by atoms with Gasteiger partial charge >= 0.3 is 0 Å². The molecule has 0 spiro atoms. The summed E-state index contributed by atoms with van der Waals surface area (Å²) in [5.74, 6) is 0.851. The van der Waals surface area contributed by atoms with Gasteiger partial charge in [-0.1, -0.05) is 24.3 Å². The van der Waals surface area contributed by atoms with E-state index in [9.17, 15) is 4.79 Å². The molecule has 6 nitrogen and oxygen atoms in total. The summed E-state index contributed by atoms with van der Waals surface area (Å²) in [6.45, 7) is 3.95. The summed E-state index contributed by atoms with van der Waals surface area (Å²) >= 11 is 0. The molecule has 1 saturated heterocycles. The van der Waals surface area contributed by atoms with Crippen molar-refractivity contribution < 1.29 is 9.53 Å². The van der Waals surface area contributed by atoms with Crippen LogP contribution in [-0.2, 0) is 6.54 Å². The predicted octanol–water partition coefficient (Wildman–Crippen LogP) is 4.26. The van der Waals surface area contributed by atoms with Crippen LogP contribution in [0.1, 0.15) is 15.9 Å². The van der Waals surface area contributed by atoms with Gasteiger partial charge in [-0.15, -0.1) is 0 Å². The van der Waals surface area contributed by atoms with Crippen molar-refractivity contribution in [2.75, 3.05) is 33.3 Å². The number of benzene rings is 2. The van der Waals surface area contributed by atoms with E-state index in [1.165, 1.54) is 5.56 Å². The number of carbonyl (C=O) groups excluding carboxylic acids is 1. The fraction of sp³-hybridized carbons (Fsp3) is 0.222. The van der Waals surface area contributed by atoms with Crippen LogP contribution in [0, 0.1) is 0 Å². The third kappa shape index (κ3) is 4.56. The minimum absolute atomic E-state index is 0.0596. The van der Waals surface area contributed by atoms with Gasteiger partial charge in [0.05, 0.1) is 23.9 Å². The lowest BCUT2D eigenvalue weighted by atomic mass is 10.0. The number of hydrogen-bond acceptors (Lipinski definition) is 5. The van der Waals surface area contributed by atoms with Crippen molar-refractivity contribution in [2.24, 2.45) is 0 Å². The van der Waals surface area contributed by atoms with Gasteiger partial charge in [0.1, 0.15) is 5.75 Å². The zero-order chi connectivity index (χ0) is 22.6. The molecule has 166 valence electrons. The number of rotatable bonds is 5. The molecule has 4 aromatic rings. The van der Waals surface area contributed by atoms with Crippen LogP contribution in [0.4, 0.5) is 0 Å². The van der Waals surface area contributed by atoms with E-state index in [4.69, 9.17) is 9.72 Å². The quantitative estimate of drug-likeness (QED) is 0.466. The first kappa shape index (κ1) is 21.1. The van der Waals surface area contributed by atoms with E-state index >= 15 is 0 Å². The van der Waals surface area contributed by atoms with Gasteiger partial charge in [-0.05, 0) is 48.0 Å². The fourth-order valence-electron chi connectivity index (χ4n) is 4.29. The molecular formula is C27H26N4O2. The molecule has 33 heavy (non-hydrogen) atoms. The first-order valence-electron chi connectivity index (χ1n) is 11.2. The minimum atomic E-state index is 0.0596. The normalized spacial score (nSPS) is 14.4. The Bertz CT molecular complexity index is 1250. The molecule has 0 saturated carbocycles. The van der Waals surface area contributed by atoms with Gasteiger partial charge in [0.25, 0.3) is 5.91 Å². The molecule has 0 aliphatic carbocycles. The van der Waals surface area contributed by atoms with E-state index in [2.05, 4.69) is 16.0 Å². The molecule has 2 aromatic carbocycles. The summed E-state index contributed by atoms with van der Waals surface area (Å²) in [6, 6.07) is 21.6. The molecule has 0 N–H and O–H groups in total. The monoisotopic (exact) mass is 438 g/mol. The van der Waals surface area contributed by atoms with Crippen LogP contribution in [0.5, 0.6) is 5.75 Å². The van der Waals surface area contributed by atoms with E-state index in [1.807, 2.05) is 71.8 Å². The summed E-state index contributed by atoms with van der Waals surface area (Å²) < 4.78 is 5.27. The predicted molar refractivity (Wildman–Crippen MR) is 129 cm³/mol. The maximum Gasteiger partial charge on any atom is 0.254 e. The average molecular weight is 439 g/mol. The Morgan fingerprint density at radius 3 is 2.48 bits per heavy atom. The van der Waals surface area contributed by atoms with Crippen molar-refractivity contribution in [3.8, 4) is 17.0 Å².